The molecule has 0 saturated heterocycles. The molecule has 0 aliphatic carbocycles. The second-order valence-corrected chi connectivity index (χ2v) is 3.24. The molecule has 0 N–H and O–H groups in total. The number of ether oxygens (including phenoxy) is 1. The van der Waals surface area contributed by atoms with Gasteiger partial charge in [-0.3, -0.25) is 9.69 Å². The Kier molecular flexibility index (Phi) is 3.64. The monoisotopic (exact) mass is 197 g/mol. The van der Waals surface area contributed by atoms with Crippen molar-refractivity contribution in [2.45, 2.75) is 6.54 Å². The summed E-state index contributed by atoms with van der Waals surface area (Å²) >= 11 is 0. The van der Waals surface area contributed by atoms with E-state index in [0.717, 1.165) is 5.69 Å². The quantitative estimate of drug-likeness (QED) is 0.639. The van der Waals surface area contributed by atoms with Gasteiger partial charge in [0.15, 0.2) is 0 Å². The van der Waals surface area contributed by atoms with Crippen molar-refractivity contribution >= 4 is 5.97 Å². The first-order chi connectivity index (χ1) is 6.63. The van der Waals surface area contributed by atoms with Crippen LogP contribution < -0.4 is 0 Å². The number of aryl methyl sites for hydroxylation is 1. The van der Waals surface area contributed by atoms with E-state index in [9.17, 15) is 4.79 Å². The predicted octanol–water partition coefficient (Wildman–Crippen LogP) is 0.0249. The summed E-state index contributed by atoms with van der Waals surface area (Å²) < 4.78 is 6.49. The van der Waals surface area contributed by atoms with Gasteiger partial charge in [-0.05, 0) is 7.05 Å². The fourth-order valence-corrected chi connectivity index (χ4v) is 1.15. The molecule has 0 aromatic carbocycles. The third-order valence-corrected chi connectivity index (χ3v) is 1.98. The first-order valence-electron chi connectivity index (χ1n) is 4.34. The lowest BCUT2D eigenvalue weighted by Gasteiger charge is -2.14. The molecule has 5 nitrogen and oxygen atoms in total. The minimum atomic E-state index is -0.227. The first-order valence-corrected chi connectivity index (χ1v) is 4.34. The molecular formula is C9H15N3O2. The molecule has 0 unspecified atom stereocenters. The molecule has 0 radical (unpaired) electrons. The van der Waals surface area contributed by atoms with Crippen LogP contribution in [0, 0.1) is 0 Å². The van der Waals surface area contributed by atoms with E-state index in [2.05, 4.69) is 9.72 Å². The minimum absolute atomic E-state index is 0.227. The van der Waals surface area contributed by atoms with Crippen LogP contribution in [0.2, 0.25) is 0 Å². The summed E-state index contributed by atoms with van der Waals surface area (Å²) in [6.07, 6.45) is 3.52. The average molecular weight is 197 g/mol. The minimum Gasteiger partial charge on any atom is -0.468 e. The van der Waals surface area contributed by atoms with Gasteiger partial charge in [0, 0.05) is 19.8 Å². The van der Waals surface area contributed by atoms with Gasteiger partial charge >= 0.3 is 5.97 Å². The Bertz CT molecular complexity index is 309. The Morgan fingerprint density at radius 3 is 2.93 bits per heavy atom. The maximum Gasteiger partial charge on any atom is 0.319 e. The standard InChI is InChI=1S/C9H15N3O2/c1-11(6-9(13)14-3)5-8-4-10-7-12(8)2/h4,7H,5-6H2,1-3H3. The topological polar surface area (TPSA) is 47.4 Å². The van der Waals surface area contributed by atoms with E-state index in [1.807, 2.05) is 23.6 Å². The third-order valence-electron chi connectivity index (χ3n) is 1.98. The zero-order valence-electron chi connectivity index (χ0n) is 8.73. The lowest BCUT2D eigenvalue weighted by atomic mass is 10.4. The molecule has 0 bridgehead atoms. The summed E-state index contributed by atoms with van der Waals surface area (Å²) in [5, 5.41) is 0. The summed E-state index contributed by atoms with van der Waals surface area (Å²) in [4.78, 5) is 16.8. The highest BCUT2D eigenvalue weighted by atomic mass is 16.5. The van der Waals surface area contributed by atoms with Crippen molar-refractivity contribution in [1.82, 2.24) is 14.5 Å². The van der Waals surface area contributed by atoms with Crippen molar-refractivity contribution in [2.24, 2.45) is 7.05 Å². The number of methoxy groups -OCH3 is 1. The van der Waals surface area contributed by atoms with Crippen LogP contribution in [0.15, 0.2) is 12.5 Å². The molecule has 1 rings (SSSR count). The van der Waals surface area contributed by atoms with Crippen LogP contribution in [0.3, 0.4) is 0 Å². The van der Waals surface area contributed by atoms with Crippen LogP contribution in [0.1, 0.15) is 5.69 Å². The molecule has 0 aliphatic heterocycles. The average Bonchev–Trinajstić information content (AvgIpc) is 2.51. The molecule has 0 atom stereocenters. The second kappa shape index (κ2) is 4.76. The molecule has 1 aromatic rings. The van der Waals surface area contributed by atoms with Gasteiger partial charge in [-0.25, -0.2) is 4.98 Å². The predicted molar refractivity (Wildman–Crippen MR) is 51.6 cm³/mol. The number of carbonyl (C=O) groups excluding carboxylic acids is 1. The molecule has 1 heterocycles. The zero-order valence-corrected chi connectivity index (χ0v) is 8.73. The number of hydrogen-bond donors (Lipinski definition) is 0. The van der Waals surface area contributed by atoms with Crippen LogP contribution in [-0.2, 0) is 23.1 Å². The van der Waals surface area contributed by atoms with Crippen LogP contribution in [0.5, 0.6) is 0 Å². The van der Waals surface area contributed by atoms with Gasteiger partial charge in [-0.15, -0.1) is 0 Å². The van der Waals surface area contributed by atoms with Crippen LogP contribution in [-0.4, -0.2) is 41.1 Å². The van der Waals surface area contributed by atoms with Gasteiger partial charge in [0.25, 0.3) is 0 Å². The van der Waals surface area contributed by atoms with Gasteiger partial charge in [0.2, 0.25) is 0 Å². The van der Waals surface area contributed by atoms with E-state index in [1.165, 1.54) is 7.11 Å². The molecule has 0 saturated carbocycles. The summed E-state index contributed by atoms with van der Waals surface area (Å²) in [7, 11) is 5.18. The van der Waals surface area contributed by atoms with Crippen molar-refractivity contribution < 1.29 is 9.53 Å². The fraction of sp³-hybridized carbons (Fsp3) is 0.556. The van der Waals surface area contributed by atoms with Crippen LogP contribution in [0.25, 0.3) is 0 Å². The first kappa shape index (κ1) is 10.7. The molecule has 0 fully saturated rings. The number of nitrogens with zero attached hydrogens (tertiary/aromatic N) is 3. The van der Waals surface area contributed by atoms with E-state index >= 15 is 0 Å². The van der Waals surface area contributed by atoms with E-state index in [1.54, 1.807) is 12.5 Å². The molecule has 0 aliphatic rings. The molecule has 1 aromatic heterocycles. The van der Waals surface area contributed by atoms with Crippen molar-refractivity contribution in [1.29, 1.82) is 0 Å². The van der Waals surface area contributed by atoms with E-state index in [0.29, 0.717) is 13.1 Å². The van der Waals surface area contributed by atoms with Gasteiger partial charge in [0.05, 0.1) is 25.7 Å². The Morgan fingerprint density at radius 1 is 1.71 bits per heavy atom. The Balaban J connectivity index is 2.45. The number of carbonyl (C=O) groups is 1. The van der Waals surface area contributed by atoms with Crippen molar-refractivity contribution in [3.05, 3.63) is 18.2 Å². The number of hydrogen-bond acceptors (Lipinski definition) is 4. The number of rotatable bonds is 4. The lowest BCUT2D eigenvalue weighted by molar-refractivity contribution is -0.141. The zero-order chi connectivity index (χ0) is 10.6. The maximum atomic E-state index is 10.9. The molecule has 5 heteroatoms. The molecule has 0 amide bonds. The van der Waals surface area contributed by atoms with Gasteiger partial charge in [0.1, 0.15) is 0 Å². The number of aromatic nitrogens is 2. The third kappa shape index (κ3) is 2.85. The van der Waals surface area contributed by atoms with Gasteiger partial charge in [-0.2, -0.15) is 0 Å². The van der Waals surface area contributed by atoms with Crippen molar-refractivity contribution in [3.8, 4) is 0 Å². The molecule has 0 spiro atoms. The van der Waals surface area contributed by atoms with Crippen LogP contribution >= 0.6 is 0 Å². The Hall–Kier alpha value is -1.36. The van der Waals surface area contributed by atoms with Gasteiger partial charge in [-0.1, -0.05) is 0 Å². The number of esters is 1. The van der Waals surface area contributed by atoms with Crippen LogP contribution in [0.4, 0.5) is 0 Å². The molecule has 14 heavy (non-hydrogen) atoms. The largest absolute Gasteiger partial charge is 0.468 e. The molecular weight excluding hydrogens is 182 g/mol. The second-order valence-electron chi connectivity index (χ2n) is 3.24. The highest BCUT2D eigenvalue weighted by Crippen LogP contribution is 2.00. The van der Waals surface area contributed by atoms with E-state index in [-0.39, 0.29) is 5.97 Å². The highest BCUT2D eigenvalue weighted by Gasteiger charge is 2.08. The smallest absolute Gasteiger partial charge is 0.319 e. The molecule has 78 valence electrons. The Labute approximate surface area is 83.3 Å². The van der Waals surface area contributed by atoms with Crippen molar-refractivity contribution in [2.75, 3.05) is 20.7 Å². The van der Waals surface area contributed by atoms with E-state index < -0.39 is 0 Å². The number of likely N-dealkylation sites (N-methyl/N-ethyl adjacent to an activating group) is 1. The summed E-state index contributed by atoms with van der Waals surface area (Å²) in [6, 6.07) is 0. The number of imidazole rings is 1. The van der Waals surface area contributed by atoms with E-state index in [4.69, 9.17) is 0 Å². The van der Waals surface area contributed by atoms with Gasteiger partial charge < -0.3 is 9.30 Å². The highest BCUT2D eigenvalue weighted by molar-refractivity contribution is 5.71. The van der Waals surface area contributed by atoms with Crippen molar-refractivity contribution in [3.63, 3.8) is 0 Å². The fourth-order valence-electron chi connectivity index (χ4n) is 1.15. The summed E-state index contributed by atoms with van der Waals surface area (Å²) in [6.45, 7) is 0.979. The maximum absolute atomic E-state index is 10.9. The summed E-state index contributed by atoms with van der Waals surface area (Å²) in [5.74, 6) is -0.227. The normalized spacial score (nSPS) is 10.6. The SMILES string of the molecule is COC(=O)CN(C)Cc1cncn1C. The lowest BCUT2D eigenvalue weighted by Crippen LogP contribution is -2.27. The Morgan fingerprint density at radius 2 is 2.43 bits per heavy atom. The summed E-state index contributed by atoms with van der Waals surface area (Å²) in [5.41, 5.74) is 1.07.